The summed E-state index contributed by atoms with van der Waals surface area (Å²) in [6.07, 6.45) is -1.54. The second-order valence-electron chi connectivity index (χ2n) is 6.28. The molecule has 26 heavy (non-hydrogen) atoms. The van der Waals surface area contributed by atoms with Crippen LogP contribution in [0.2, 0.25) is 0 Å². The number of phenols is 1. The second-order valence-corrected chi connectivity index (χ2v) is 6.28. The van der Waals surface area contributed by atoms with Gasteiger partial charge in [0.1, 0.15) is 24.2 Å². The molecule has 0 amide bonds. The molecule has 2 aromatic carbocycles. The lowest BCUT2D eigenvalue weighted by Gasteiger charge is -2.22. The van der Waals surface area contributed by atoms with Crippen molar-refractivity contribution in [1.82, 2.24) is 5.32 Å². The number of aliphatic hydroxyl groups is 2. The van der Waals surface area contributed by atoms with Gasteiger partial charge in [-0.3, -0.25) is 4.79 Å². The first-order chi connectivity index (χ1) is 12.4. The van der Waals surface area contributed by atoms with E-state index >= 15 is 0 Å². The third kappa shape index (κ3) is 5.84. The maximum Gasteiger partial charge on any atom is 0.159 e. The van der Waals surface area contributed by atoms with Crippen molar-refractivity contribution in [3.8, 4) is 11.5 Å². The van der Waals surface area contributed by atoms with Gasteiger partial charge in [0.05, 0.1) is 6.10 Å². The summed E-state index contributed by atoms with van der Waals surface area (Å²) in [4.78, 5) is 11.4. The molecule has 2 rings (SSSR count). The SMILES string of the molecule is CC(=O)c1cccc(OC[C@@H](O)CN[C@H](C)[C@H](O)c2ccc(O)cc2)c1. The number of ketones is 1. The van der Waals surface area contributed by atoms with Crippen molar-refractivity contribution in [2.24, 2.45) is 0 Å². The van der Waals surface area contributed by atoms with E-state index in [1.165, 1.54) is 19.1 Å². The summed E-state index contributed by atoms with van der Waals surface area (Å²) < 4.78 is 5.52. The number of rotatable bonds is 9. The minimum absolute atomic E-state index is 0.0466. The van der Waals surface area contributed by atoms with E-state index in [1.807, 2.05) is 0 Å². The average molecular weight is 359 g/mol. The predicted octanol–water partition coefficient (Wildman–Crippen LogP) is 2.05. The topological polar surface area (TPSA) is 99.0 Å². The molecule has 2 aromatic rings. The van der Waals surface area contributed by atoms with Crippen LogP contribution < -0.4 is 10.1 Å². The summed E-state index contributed by atoms with van der Waals surface area (Å²) in [6, 6.07) is 12.8. The highest BCUT2D eigenvalue weighted by molar-refractivity contribution is 5.94. The van der Waals surface area contributed by atoms with E-state index in [1.54, 1.807) is 43.3 Å². The number of ether oxygens (including phenoxy) is 1. The van der Waals surface area contributed by atoms with Crippen molar-refractivity contribution in [1.29, 1.82) is 0 Å². The zero-order valence-electron chi connectivity index (χ0n) is 14.9. The number of Topliss-reactive ketones (excluding diaryl/α,β-unsaturated/α-hetero) is 1. The molecule has 0 fully saturated rings. The van der Waals surface area contributed by atoms with E-state index < -0.39 is 12.2 Å². The molecule has 6 heteroatoms. The van der Waals surface area contributed by atoms with Gasteiger partial charge in [-0.15, -0.1) is 0 Å². The highest BCUT2D eigenvalue weighted by Gasteiger charge is 2.17. The minimum atomic E-state index is -0.773. The summed E-state index contributed by atoms with van der Waals surface area (Å²) in [7, 11) is 0. The fraction of sp³-hybridized carbons (Fsp3) is 0.350. The Kier molecular flexibility index (Phi) is 7.15. The van der Waals surface area contributed by atoms with Crippen LogP contribution in [0, 0.1) is 0 Å². The quantitative estimate of drug-likeness (QED) is 0.512. The van der Waals surface area contributed by atoms with Crippen molar-refractivity contribution in [2.75, 3.05) is 13.2 Å². The number of carbonyl (C=O) groups excluding carboxylic acids is 1. The van der Waals surface area contributed by atoms with E-state index in [-0.39, 0.29) is 30.7 Å². The van der Waals surface area contributed by atoms with Gasteiger partial charge in [0, 0.05) is 18.2 Å². The number of hydrogen-bond donors (Lipinski definition) is 4. The van der Waals surface area contributed by atoms with Crippen LogP contribution in [0.5, 0.6) is 11.5 Å². The van der Waals surface area contributed by atoms with Crippen LogP contribution in [0.4, 0.5) is 0 Å². The Labute approximate surface area is 153 Å². The van der Waals surface area contributed by atoms with Gasteiger partial charge in [-0.05, 0) is 43.7 Å². The molecule has 0 aliphatic rings. The van der Waals surface area contributed by atoms with Gasteiger partial charge in [-0.2, -0.15) is 0 Å². The fourth-order valence-corrected chi connectivity index (χ4v) is 2.45. The average Bonchev–Trinajstić information content (AvgIpc) is 2.64. The monoisotopic (exact) mass is 359 g/mol. The van der Waals surface area contributed by atoms with Gasteiger partial charge in [-0.25, -0.2) is 0 Å². The van der Waals surface area contributed by atoms with E-state index in [4.69, 9.17) is 4.74 Å². The maximum absolute atomic E-state index is 11.4. The largest absolute Gasteiger partial charge is 0.508 e. The Morgan fingerprint density at radius 3 is 2.50 bits per heavy atom. The van der Waals surface area contributed by atoms with Crippen molar-refractivity contribution in [3.63, 3.8) is 0 Å². The third-order valence-electron chi connectivity index (χ3n) is 4.07. The molecule has 0 radical (unpaired) electrons. The van der Waals surface area contributed by atoms with Gasteiger partial charge in [0.15, 0.2) is 5.78 Å². The molecule has 0 unspecified atom stereocenters. The summed E-state index contributed by atoms with van der Waals surface area (Å²) >= 11 is 0. The lowest BCUT2D eigenvalue weighted by Crippen LogP contribution is -2.39. The molecule has 0 heterocycles. The number of phenolic OH excluding ortho intramolecular Hbond substituents is 1. The van der Waals surface area contributed by atoms with E-state index in [0.717, 1.165) is 0 Å². The first kappa shape index (κ1) is 19.9. The van der Waals surface area contributed by atoms with Crippen LogP contribution >= 0.6 is 0 Å². The minimum Gasteiger partial charge on any atom is -0.508 e. The van der Waals surface area contributed by atoms with Crippen LogP contribution in [0.15, 0.2) is 48.5 Å². The van der Waals surface area contributed by atoms with E-state index in [2.05, 4.69) is 5.32 Å². The molecule has 4 N–H and O–H groups in total. The molecule has 0 spiro atoms. The lowest BCUT2D eigenvalue weighted by atomic mass is 10.0. The summed E-state index contributed by atoms with van der Waals surface area (Å²) in [5.74, 6) is 0.617. The Balaban J connectivity index is 1.79. The van der Waals surface area contributed by atoms with Crippen LogP contribution in [0.3, 0.4) is 0 Å². The molecule has 0 saturated carbocycles. The standard InChI is InChI=1S/C20H25NO5/c1-13(20(25)15-6-8-17(23)9-7-15)21-11-18(24)12-26-19-5-3-4-16(10-19)14(2)22/h3-10,13,18,20-21,23-25H,11-12H2,1-2H3/t13-,18+,20+/m1/s1. The molecular weight excluding hydrogens is 334 g/mol. The Morgan fingerprint density at radius 1 is 1.15 bits per heavy atom. The number of aliphatic hydroxyl groups excluding tert-OH is 2. The van der Waals surface area contributed by atoms with Gasteiger partial charge in [-0.1, -0.05) is 24.3 Å². The highest BCUT2D eigenvalue weighted by Crippen LogP contribution is 2.19. The summed E-state index contributed by atoms with van der Waals surface area (Å²) in [5, 5.41) is 32.7. The summed E-state index contributed by atoms with van der Waals surface area (Å²) in [6.45, 7) is 3.60. The van der Waals surface area contributed by atoms with Gasteiger partial charge in [0.2, 0.25) is 0 Å². The Bertz CT molecular complexity index is 716. The molecular formula is C20H25NO5. The molecule has 0 aliphatic heterocycles. The first-order valence-corrected chi connectivity index (χ1v) is 8.49. The number of carbonyl (C=O) groups is 1. The van der Waals surface area contributed by atoms with Crippen molar-refractivity contribution >= 4 is 5.78 Å². The predicted molar refractivity (Wildman–Crippen MR) is 98.5 cm³/mol. The van der Waals surface area contributed by atoms with Crippen LogP contribution in [0.25, 0.3) is 0 Å². The van der Waals surface area contributed by atoms with Crippen molar-refractivity contribution in [2.45, 2.75) is 32.1 Å². The van der Waals surface area contributed by atoms with E-state index in [9.17, 15) is 20.1 Å². The molecule has 0 aliphatic carbocycles. The van der Waals surface area contributed by atoms with E-state index in [0.29, 0.717) is 16.9 Å². The molecule has 3 atom stereocenters. The smallest absolute Gasteiger partial charge is 0.159 e. The number of hydrogen-bond acceptors (Lipinski definition) is 6. The van der Waals surface area contributed by atoms with Crippen molar-refractivity contribution in [3.05, 3.63) is 59.7 Å². The molecule has 0 bridgehead atoms. The molecule has 6 nitrogen and oxygen atoms in total. The lowest BCUT2D eigenvalue weighted by molar-refractivity contribution is 0.0875. The highest BCUT2D eigenvalue weighted by atomic mass is 16.5. The van der Waals surface area contributed by atoms with Gasteiger partial charge >= 0.3 is 0 Å². The zero-order chi connectivity index (χ0) is 19.1. The van der Waals surface area contributed by atoms with Gasteiger partial charge < -0.3 is 25.4 Å². The van der Waals surface area contributed by atoms with Crippen LogP contribution in [0.1, 0.15) is 35.9 Å². The Hall–Kier alpha value is -2.41. The van der Waals surface area contributed by atoms with Crippen molar-refractivity contribution < 1.29 is 24.9 Å². The molecule has 140 valence electrons. The third-order valence-corrected chi connectivity index (χ3v) is 4.07. The van der Waals surface area contributed by atoms with Crippen LogP contribution in [-0.2, 0) is 0 Å². The Morgan fingerprint density at radius 2 is 1.85 bits per heavy atom. The molecule has 0 saturated heterocycles. The zero-order valence-corrected chi connectivity index (χ0v) is 14.9. The van der Waals surface area contributed by atoms with Crippen LogP contribution in [-0.4, -0.2) is 46.4 Å². The normalized spacial score (nSPS) is 14.5. The number of nitrogens with one attached hydrogen (secondary N) is 1. The first-order valence-electron chi connectivity index (χ1n) is 8.49. The number of aromatic hydroxyl groups is 1. The molecule has 0 aromatic heterocycles. The maximum atomic E-state index is 11.4. The second kappa shape index (κ2) is 9.33. The fourth-order valence-electron chi connectivity index (χ4n) is 2.45. The number of benzene rings is 2. The van der Waals surface area contributed by atoms with Gasteiger partial charge in [0.25, 0.3) is 0 Å². The summed E-state index contributed by atoms with van der Waals surface area (Å²) in [5.41, 5.74) is 1.23.